The molecule has 3 nitrogen and oxygen atoms in total. The highest BCUT2D eigenvalue weighted by atomic mass is 32.2. The number of aliphatic hydroxyl groups is 1. The Kier molecular flexibility index (Phi) is 3.28. The van der Waals surface area contributed by atoms with E-state index in [2.05, 4.69) is 0 Å². The number of hydrogen-bond acceptors (Lipinski definition) is 3. The van der Waals surface area contributed by atoms with Gasteiger partial charge in [-0.15, -0.1) is 0 Å². The number of sulfone groups is 1. The molecule has 2 atom stereocenters. The van der Waals surface area contributed by atoms with Crippen molar-refractivity contribution < 1.29 is 13.5 Å². The quantitative estimate of drug-likeness (QED) is 0.896. The molecule has 1 aliphatic rings. The summed E-state index contributed by atoms with van der Waals surface area (Å²) in [5.41, 5.74) is -1.17. The Bertz CT molecular complexity index is 519. The monoisotopic (exact) mass is 268 g/mol. The Morgan fingerprint density at radius 2 is 1.61 bits per heavy atom. The largest absolute Gasteiger partial charge is 0.389 e. The second-order valence-electron chi connectivity index (χ2n) is 5.53. The molecule has 4 heteroatoms. The maximum Gasteiger partial charge on any atom is 0.186 e. The zero-order valence-corrected chi connectivity index (χ0v) is 11.7. The second-order valence-corrected chi connectivity index (χ2v) is 7.91. The Hall–Kier alpha value is -0.870. The summed E-state index contributed by atoms with van der Waals surface area (Å²) >= 11 is 0. The third-order valence-electron chi connectivity index (χ3n) is 4.35. The Morgan fingerprint density at radius 3 is 2.17 bits per heavy atom. The van der Waals surface area contributed by atoms with Crippen LogP contribution in [0, 0.1) is 0 Å². The summed E-state index contributed by atoms with van der Waals surface area (Å²) in [5.74, 6) is 0. The van der Waals surface area contributed by atoms with Gasteiger partial charge < -0.3 is 5.11 Å². The van der Waals surface area contributed by atoms with E-state index in [9.17, 15) is 13.5 Å². The van der Waals surface area contributed by atoms with E-state index >= 15 is 0 Å². The molecule has 1 fully saturated rings. The van der Waals surface area contributed by atoms with Crippen molar-refractivity contribution in [2.45, 2.75) is 54.8 Å². The first-order chi connectivity index (χ1) is 8.31. The summed E-state index contributed by atoms with van der Waals surface area (Å²) in [7, 11) is -3.52. The van der Waals surface area contributed by atoms with Crippen LogP contribution in [0.1, 0.15) is 39.5 Å². The minimum absolute atomic E-state index is 0.301. The second kappa shape index (κ2) is 4.35. The molecule has 1 aromatic rings. The zero-order valence-electron chi connectivity index (χ0n) is 10.9. The minimum atomic E-state index is -3.52. The molecule has 0 unspecified atom stereocenters. The molecule has 1 saturated carbocycles. The molecule has 0 spiro atoms. The van der Waals surface area contributed by atoms with Crippen LogP contribution in [0.2, 0.25) is 0 Å². The standard InChI is InChI=1S/C14H20O3S/c1-13(15)10-6-7-11-14(13,2)18(16,17)12-8-4-3-5-9-12/h3-5,8-9,15H,6-7,10-11H2,1-2H3/t13-,14+/m1/s1. The van der Waals surface area contributed by atoms with Crippen LogP contribution >= 0.6 is 0 Å². The van der Waals surface area contributed by atoms with E-state index in [-0.39, 0.29) is 0 Å². The molecule has 0 aliphatic heterocycles. The van der Waals surface area contributed by atoms with Crippen LogP contribution in [-0.2, 0) is 9.84 Å². The molecule has 0 bridgehead atoms. The van der Waals surface area contributed by atoms with Gasteiger partial charge in [0.1, 0.15) is 4.75 Å². The molecule has 1 aromatic carbocycles. The van der Waals surface area contributed by atoms with Crippen molar-refractivity contribution in [1.82, 2.24) is 0 Å². The third-order valence-corrected chi connectivity index (χ3v) is 7.08. The first kappa shape index (κ1) is 13.6. The first-order valence-corrected chi connectivity index (χ1v) is 7.82. The molecule has 1 aliphatic carbocycles. The molecule has 0 saturated heterocycles. The van der Waals surface area contributed by atoms with E-state index in [4.69, 9.17) is 0 Å². The van der Waals surface area contributed by atoms with Gasteiger partial charge in [0.05, 0.1) is 10.5 Å². The van der Waals surface area contributed by atoms with Gasteiger partial charge in [-0.1, -0.05) is 31.0 Å². The Morgan fingerprint density at radius 1 is 1.06 bits per heavy atom. The number of hydrogen-bond donors (Lipinski definition) is 1. The average molecular weight is 268 g/mol. The predicted octanol–water partition coefficient (Wildman–Crippen LogP) is 2.54. The number of benzene rings is 1. The van der Waals surface area contributed by atoms with E-state index < -0.39 is 20.2 Å². The van der Waals surface area contributed by atoms with Crippen LogP contribution in [-0.4, -0.2) is 23.9 Å². The Labute approximate surface area is 109 Å². The predicted molar refractivity (Wildman–Crippen MR) is 71.1 cm³/mol. The van der Waals surface area contributed by atoms with Crippen molar-refractivity contribution in [3.8, 4) is 0 Å². The molecule has 0 aromatic heterocycles. The van der Waals surface area contributed by atoms with Gasteiger partial charge in [0.25, 0.3) is 0 Å². The molecular weight excluding hydrogens is 248 g/mol. The molecule has 100 valence electrons. The topological polar surface area (TPSA) is 54.4 Å². The highest BCUT2D eigenvalue weighted by Gasteiger charge is 2.54. The molecular formula is C14H20O3S. The molecule has 0 radical (unpaired) electrons. The average Bonchev–Trinajstić information content (AvgIpc) is 2.34. The minimum Gasteiger partial charge on any atom is -0.389 e. The fourth-order valence-electron chi connectivity index (χ4n) is 2.75. The number of rotatable bonds is 2. The smallest absolute Gasteiger partial charge is 0.186 e. The summed E-state index contributed by atoms with van der Waals surface area (Å²) in [6.45, 7) is 3.32. The highest BCUT2D eigenvalue weighted by Crippen LogP contribution is 2.45. The van der Waals surface area contributed by atoms with Crippen molar-refractivity contribution in [3.05, 3.63) is 30.3 Å². The lowest BCUT2D eigenvalue weighted by Gasteiger charge is -2.45. The lowest BCUT2D eigenvalue weighted by molar-refractivity contribution is -0.00986. The van der Waals surface area contributed by atoms with Crippen LogP contribution in [0.3, 0.4) is 0 Å². The highest BCUT2D eigenvalue weighted by molar-refractivity contribution is 7.93. The van der Waals surface area contributed by atoms with Crippen molar-refractivity contribution in [2.24, 2.45) is 0 Å². The first-order valence-electron chi connectivity index (χ1n) is 6.33. The summed E-state index contributed by atoms with van der Waals surface area (Å²) in [6, 6.07) is 8.43. The maximum atomic E-state index is 12.8. The van der Waals surface area contributed by atoms with Crippen molar-refractivity contribution in [3.63, 3.8) is 0 Å². The van der Waals surface area contributed by atoms with E-state index in [0.29, 0.717) is 17.7 Å². The van der Waals surface area contributed by atoms with Gasteiger partial charge in [-0.3, -0.25) is 0 Å². The van der Waals surface area contributed by atoms with Crippen LogP contribution < -0.4 is 0 Å². The summed E-state index contributed by atoms with van der Waals surface area (Å²) in [5, 5.41) is 10.5. The van der Waals surface area contributed by atoms with Gasteiger partial charge in [-0.25, -0.2) is 8.42 Å². The van der Waals surface area contributed by atoms with Gasteiger partial charge in [-0.05, 0) is 38.8 Å². The van der Waals surface area contributed by atoms with Crippen LogP contribution in [0.25, 0.3) is 0 Å². The van der Waals surface area contributed by atoms with Gasteiger partial charge in [0.2, 0.25) is 0 Å². The third kappa shape index (κ3) is 1.88. The Balaban J connectivity index is 2.53. The van der Waals surface area contributed by atoms with Crippen LogP contribution in [0.5, 0.6) is 0 Å². The van der Waals surface area contributed by atoms with Crippen molar-refractivity contribution in [1.29, 1.82) is 0 Å². The van der Waals surface area contributed by atoms with Gasteiger partial charge in [0.15, 0.2) is 9.84 Å². The molecule has 2 rings (SSSR count). The van der Waals surface area contributed by atoms with Gasteiger partial charge >= 0.3 is 0 Å². The maximum absolute atomic E-state index is 12.8. The summed E-state index contributed by atoms with van der Waals surface area (Å²) in [4.78, 5) is 0.301. The van der Waals surface area contributed by atoms with E-state index in [0.717, 1.165) is 12.8 Å². The molecule has 18 heavy (non-hydrogen) atoms. The van der Waals surface area contributed by atoms with Crippen molar-refractivity contribution in [2.75, 3.05) is 0 Å². The summed E-state index contributed by atoms with van der Waals surface area (Å²) in [6.07, 6.45) is 2.78. The molecule has 0 heterocycles. The SMILES string of the molecule is C[C@]1(S(=O)(=O)c2ccccc2)CCCC[C@@]1(C)O. The van der Waals surface area contributed by atoms with Crippen LogP contribution in [0.15, 0.2) is 35.2 Å². The molecule has 0 amide bonds. The van der Waals surface area contributed by atoms with Crippen LogP contribution in [0.4, 0.5) is 0 Å². The lowest BCUT2D eigenvalue weighted by Crippen LogP contribution is -2.57. The fourth-order valence-corrected chi connectivity index (χ4v) is 4.88. The normalized spacial score (nSPS) is 33.3. The van der Waals surface area contributed by atoms with E-state index in [1.807, 2.05) is 0 Å². The van der Waals surface area contributed by atoms with E-state index in [1.165, 1.54) is 0 Å². The fraction of sp³-hybridized carbons (Fsp3) is 0.571. The molecule has 1 N–H and O–H groups in total. The zero-order chi connectivity index (χ0) is 13.4. The van der Waals surface area contributed by atoms with Crippen molar-refractivity contribution >= 4 is 9.84 Å². The van der Waals surface area contributed by atoms with E-state index in [1.54, 1.807) is 44.2 Å². The summed E-state index contributed by atoms with van der Waals surface area (Å²) < 4.78 is 24.4. The lowest BCUT2D eigenvalue weighted by atomic mass is 9.77. The van der Waals surface area contributed by atoms with Gasteiger partial charge in [0, 0.05) is 0 Å². The van der Waals surface area contributed by atoms with Gasteiger partial charge in [-0.2, -0.15) is 0 Å².